The second-order valence-corrected chi connectivity index (χ2v) is 6.39. The summed E-state index contributed by atoms with van der Waals surface area (Å²) in [5, 5.41) is 4.35. The number of nitrogens with two attached hydrogens (primary N) is 1. The van der Waals surface area contributed by atoms with Crippen molar-refractivity contribution in [2.24, 2.45) is 10.8 Å². The number of nitrogens with one attached hydrogen (secondary N) is 1. The summed E-state index contributed by atoms with van der Waals surface area (Å²) in [5.74, 6) is -0.230. The third-order valence-corrected chi connectivity index (χ3v) is 4.18. The molecular weight excluding hydrogens is 378 g/mol. The van der Waals surface area contributed by atoms with Crippen molar-refractivity contribution in [3.63, 3.8) is 0 Å². The first-order valence-corrected chi connectivity index (χ1v) is 9.24. The number of carbonyl (C=O) groups is 2. The third-order valence-electron chi connectivity index (χ3n) is 4.18. The molecule has 0 saturated carbocycles. The molecule has 3 aromatic carbocycles. The van der Waals surface area contributed by atoms with Gasteiger partial charge < -0.3 is 10.5 Å². The van der Waals surface area contributed by atoms with Crippen LogP contribution in [-0.4, -0.2) is 24.0 Å². The molecule has 150 valence electrons. The number of rotatable bonds is 9. The number of hydrogen-bond acceptors (Lipinski definition) is 5. The van der Waals surface area contributed by atoms with Crippen LogP contribution in [0.15, 0.2) is 96.6 Å². The van der Waals surface area contributed by atoms with Crippen LogP contribution in [0.4, 0.5) is 0 Å². The molecule has 6 nitrogen and oxygen atoms in total. The summed E-state index contributed by atoms with van der Waals surface area (Å²) in [5.41, 5.74) is 10.7. The molecule has 0 heterocycles. The van der Waals surface area contributed by atoms with Crippen molar-refractivity contribution >= 4 is 23.1 Å². The van der Waals surface area contributed by atoms with Crippen LogP contribution in [0.2, 0.25) is 0 Å². The molecule has 0 aliphatic heterocycles. The highest BCUT2D eigenvalue weighted by atomic mass is 16.5. The van der Waals surface area contributed by atoms with E-state index in [-0.39, 0.29) is 18.1 Å². The van der Waals surface area contributed by atoms with E-state index in [1.807, 2.05) is 48.5 Å². The number of Topliss-reactive ketones (excluding diaryl/α,β-unsaturated/α-hetero) is 1. The van der Waals surface area contributed by atoms with Gasteiger partial charge in [-0.1, -0.05) is 67.2 Å². The van der Waals surface area contributed by atoms with Gasteiger partial charge in [0.1, 0.15) is 11.5 Å². The number of benzene rings is 3. The van der Waals surface area contributed by atoms with E-state index in [9.17, 15) is 9.59 Å². The zero-order valence-electron chi connectivity index (χ0n) is 16.2. The van der Waals surface area contributed by atoms with Crippen LogP contribution in [0.3, 0.4) is 0 Å². The maximum absolute atomic E-state index is 13.0. The molecule has 0 aliphatic rings. The van der Waals surface area contributed by atoms with E-state index in [1.165, 1.54) is 0 Å². The van der Waals surface area contributed by atoms with Gasteiger partial charge in [0.2, 0.25) is 5.78 Å². The zero-order valence-corrected chi connectivity index (χ0v) is 16.2. The Kier molecular flexibility index (Phi) is 6.74. The fourth-order valence-electron chi connectivity index (χ4n) is 2.66. The summed E-state index contributed by atoms with van der Waals surface area (Å²) in [4.78, 5) is 23.8. The maximum Gasteiger partial charge on any atom is 0.255 e. The van der Waals surface area contributed by atoms with Crippen LogP contribution in [0.25, 0.3) is 5.70 Å². The first-order valence-electron chi connectivity index (χ1n) is 9.24. The lowest BCUT2D eigenvalue weighted by Crippen LogP contribution is -2.20. The fourth-order valence-corrected chi connectivity index (χ4v) is 2.66. The predicted molar refractivity (Wildman–Crippen MR) is 117 cm³/mol. The number of ketones is 1. The highest BCUT2D eigenvalue weighted by Gasteiger charge is 2.16. The second-order valence-electron chi connectivity index (χ2n) is 6.39. The van der Waals surface area contributed by atoms with Gasteiger partial charge in [-0.25, -0.2) is 0 Å². The van der Waals surface area contributed by atoms with E-state index in [4.69, 9.17) is 10.5 Å². The average Bonchev–Trinajstić information content (AvgIpc) is 2.79. The fraction of sp³-hybridized carbons (Fsp3) is 0.0417. The quantitative estimate of drug-likeness (QED) is 0.328. The number of hydrazone groups is 1. The molecule has 0 fully saturated rings. The van der Waals surface area contributed by atoms with Crippen molar-refractivity contribution in [1.29, 1.82) is 0 Å². The van der Waals surface area contributed by atoms with Crippen LogP contribution in [0, 0.1) is 0 Å². The Hall–Kier alpha value is -4.19. The maximum atomic E-state index is 13.0. The Morgan fingerprint density at radius 2 is 1.40 bits per heavy atom. The average molecular weight is 399 g/mol. The van der Waals surface area contributed by atoms with Crippen molar-refractivity contribution in [2.45, 2.75) is 0 Å². The molecule has 0 radical (unpaired) electrons. The van der Waals surface area contributed by atoms with Crippen molar-refractivity contribution in [3.05, 3.63) is 108 Å². The van der Waals surface area contributed by atoms with E-state index < -0.39 is 5.91 Å². The Labute approximate surface area is 174 Å². The number of nitrogens with zero attached hydrogens (tertiary/aromatic N) is 1. The van der Waals surface area contributed by atoms with Gasteiger partial charge in [0.15, 0.2) is 6.61 Å². The largest absolute Gasteiger partial charge is 0.484 e. The molecule has 3 rings (SSSR count). The molecule has 0 saturated heterocycles. The molecule has 0 bridgehead atoms. The Morgan fingerprint density at radius 1 is 0.833 bits per heavy atom. The molecular formula is C24H21N3O3. The van der Waals surface area contributed by atoms with Crippen LogP contribution in [0.1, 0.15) is 21.5 Å². The number of amides is 1. The first kappa shape index (κ1) is 20.5. The van der Waals surface area contributed by atoms with Gasteiger partial charge in [-0.05, 0) is 29.8 Å². The van der Waals surface area contributed by atoms with Crippen LogP contribution < -0.4 is 15.9 Å². The topological polar surface area (TPSA) is 93.8 Å². The number of carbonyl (C=O) groups excluding carboxylic acids is 2. The van der Waals surface area contributed by atoms with E-state index in [1.54, 1.807) is 36.4 Å². The summed E-state index contributed by atoms with van der Waals surface area (Å²) >= 11 is 0. The third kappa shape index (κ3) is 5.42. The van der Waals surface area contributed by atoms with Crippen LogP contribution >= 0.6 is 0 Å². The Bertz CT molecular complexity index is 1060. The van der Waals surface area contributed by atoms with Crippen molar-refractivity contribution in [1.82, 2.24) is 5.43 Å². The van der Waals surface area contributed by atoms with Gasteiger partial charge in [-0.15, -0.1) is 0 Å². The Morgan fingerprint density at radius 3 is 1.97 bits per heavy atom. The zero-order chi connectivity index (χ0) is 21.3. The lowest BCUT2D eigenvalue weighted by molar-refractivity contribution is -0.119. The predicted octanol–water partition coefficient (Wildman–Crippen LogP) is 3.40. The molecule has 0 aromatic heterocycles. The molecule has 3 aromatic rings. The van der Waals surface area contributed by atoms with Crippen molar-refractivity contribution in [2.75, 3.05) is 6.61 Å². The summed E-state index contributed by atoms with van der Waals surface area (Å²) < 4.78 is 5.24. The summed E-state index contributed by atoms with van der Waals surface area (Å²) in [7, 11) is 0. The number of primary amides is 1. The summed E-state index contributed by atoms with van der Waals surface area (Å²) in [6.45, 7) is 3.79. The summed E-state index contributed by atoms with van der Waals surface area (Å²) in [6, 6.07) is 25.1. The van der Waals surface area contributed by atoms with E-state index in [0.29, 0.717) is 22.6 Å². The first-order chi connectivity index (χ1) is 14.5. The van der Waals surface area contributed by atoms with Crippen molar-refractivity contribution in [3.8, 4) is 5.75 Å². The highest BCUT2D eigenvalue weighted by molar-refractivity contribution is 6.51. The molecule has 0 aliphatic carbocycles. The standard InChI is InChI=1S/C24H21N3O3/c1-17(18-12-14-21(15-13-18)30-16-22(25)28)26-27-23(19-8-4-2-5-9-19)24(29)20-10-6-3-7-11-20/h2-15,26H,1,16H2,(H2,25,28)/b27-23+. The lowest BCUT2D eigenvalue weighted by atomic mass is 10.0. The van der Waals surface area contributed by atoms with Gasteiger partial charge in [0.25, 0.3) is 5.91 Å². The smallest absolute Gasteiger partial charge is 0.255 e. The lowest BCUT2D eigenvalue weighted by Gasteiger charge is -2.10. The normalized spacial score (nSPS) is 10.9. The monoisotopic (exact) mass is 399 g/mol. The minimum absolute atomic E-state index is 0.190. The highest BCUT2D eigenvalue weighted by Crippen LogP contribution is 2.17. The molecule has 30 heavy (non-hydrogen) atoms. The van der Waals surface area contributed by atoms with E-state index in [0.717, 1.165) is 5.56 Å². The van der Waals surface area contributed by atoms with Crippen LogP contribution in [0.5, 0.6) is 5.75 Å². The minimum Gasteiger partial charge on any atom is -0.484 e. The molecule has 0 atom stereocenters. The summed E-state index contributed by atoms with van der Waals surface area (Å²) in [6.07, 6.45) is 0. The molecule has 3 N–H and O–H groups in total. The van der Waals surface area contributed by atoms with Gasteiger partial charge in [0.05, 0.1) is 5.70 Å². The van der Waals surface area contributed by atoms with Gasteiger partial charge >= 0.3 is 0 Å². The van der Waals surface area contributed by atoms with Gasteiger partial charge in [-0.2, -0.15) is 5.10 Å². The second kappa shape index (κ2) is 9.84. The molecule has 6 heteroatoms. The van der Waals surface area contributed by atoms with E-state index in [2.05, 4.69) is 17.1 Å². The molecule has 0 spiro atoms. The SMILES string of the molecule is C=C(N/N=C(/C(=O)c1ccccc1)c1ccccc1)c1ccc(OCC(N)=O)cc1. The molecule has 1 amide bonds. The van der Waals surface area contributed by atoms with Gasteiger partial charge in [-0.3, -0.25) is 15.0 Å². The van der Waals surface area contributed by atoms with Crippen LogP contribution in [-0.2, 0) is 4.79 Å². The minimum atomic E-state index is -0.545. The number of hydrogen-bond donors (Lipinski definition) is 2. The van der Waals surface area contributed by atoms with Crippen molar-refractivity contribution < 1.29 is 14.3 Å². The number of ether oxygens (including phenoxy) is 1. The Balaban J connectivity index is 1.79. The van der Waals surface area contributed by atoms with E-state index >= 15 is 0 Å². The van der Waals surface area contributed by atoms with Gasteiger partial charge in [0, 0.05) is 11.1 Å². The molecule has 0 unspecified atom stereocenters.